The Bertz CT molecular complexity index is 772. The fourth-order valence-corrected chi connectivity index (χ4v) is 3.32. The number of Topliss-reactive ketones (excluding diaryl/α,β-unsaturated/α-hetero) is 1. The first-order valence-electron chi connectivity index (χ1n) is 8.22. The molecule has 0 heterocycles. The number of nitrogens with zero attached hydrogens (tertiary/aromatic N) is 1. The van der Waals surface area contributed by atoms with Crippen LogP contribution in [0.25, 0.3) is 0 Å². The second-order valence-electron chi connectivity index (χ2n) is 6.47. The standard InChI is InChI=1S/C17H18ClFN2O6/c1-9-4-15(22)11(12(9)7-21(25)26)6-17(24)27-8-16(23)20-14-3-2-10(18)5-13(14)19/h2-3,5,9,11-12H,4,6-8H2,1H3,(H,20,23)/t9-,11-,12+/m0/s1. The molecular weight excluding hydrogens is 383 g/mol. The SMILES string of the molecule is C[C@H]1CC(=O)[C@@H](CC(=O)OCC(=O)Nc2ccc(Cl)cc2F)[C@@H]1C[N+](=O)[O-]. The summed E-state index contributed by atoms with van der Waals surface area (Å²) in [6.45, 7) is 0.657. The Morgan fingerprint density at radius 3 is 2.78 bits per heavy atom. The van der Waals surface area contributed by atoms with Crippen molar-refractivity contribution in [3.8, 4) is 0 Å². The van der Waals surface area contributed by atoms with E-state index in [0.717, 1.165) is 6.07 Å². The lowest BCUT2D eigenvalue weighted by Gasteiger charge is -2.17. The third-order valence-electron chi connectivity index (χ3n) is 4.50. The summed E-state index contributed by atoms with van der Waals surface area (Å²) in [5.74, 6) is -4.09. The first-order chi connectivity index (χ1) is 12.7. The van der Waals surface area contributed by atoms with Crippen LogP contribution in [0.15, 0.2) is 18.2 Å². The minimum absolute atomic E-state index is 0.119. The van der Waals surface area contributed by atoms with Crippen LogP contribution in [0.2, 0.25) is 5.02 Å². The van der Waals surface area contributed by atoms with Crippen molar-refractivity contribution in [3.05, 3.63) is 39.2 Å². The van der Waals surface area contributed by atoms with Crippen molar-refractivity contribution >= 4 is 34.9 Å². The van der Waals surface area contributed by atoms with Gasteiger partial charge in [-0.3, -0.25) is 24.5 Å². The average Bonchev–Trinajstić information content (AvgIpc) is 2.82. The summed E-state index contributed by atoms with van der Waals surface area (Å²) in [6, 6.07) is 3.66. The summed E-state index contributed by atoms with van der Waals surface area (Å²) >= 11 is 5.61. The van der Waals surface area contributed by atoms with E-state index in [9.17, 15) is 28.9 Å². The van der Waals surface area contributed by atoms with Crippen LogP contribution in [-0.4, -0.2) is 35.7 Å². The molecule has 1 fully saturated rings. The van der Waals surface area contributed by atoms with Crippen molar-refractivity contribution in [1.82, 2.24) is 0 Å². The van der Waals surface area contributed by atoms with E-state index in [-0.39, 0.29) is 35.3 Å². The number of rotatable bonds is 7. The second kappa shape index (κ2) is 8.90. The maximum atomic E-state index is 13.6. The molecule has 1 aliphatic carbocycles. The fraction of sp³-hybridized carbons (Fsp3) is 0.471. The molecule has 8 nitrogen and oxygen atoms in total. The normalized spacial score (nSPS) is 21.7. The predicted octanol–water partition coefficient (Wildman–Crippen LogP) is 2.47. The van der Waals surface area contributed by atoms with Gasteiger partial charge in [-0.05, 0) is 24.1 Å². The largest absolute Gasteiger partial charge is 0.456 e. The monoisotopic (exact) mass is 400 g/mol. The average molecular weight is 401 g/mol. The van der Waals surface area contributed by atoms with E-state index in [1.807, 2.05) is 0 Å². The molecule has 0 unspecified atom stereocenters. The number of carbonyl (C=O) groups is 3. The Hall–Kier alpha value is -2.55. The number of carbonyl (C=O) groups excluding carboxylic acids is 3. The Kier molecular flexibility index (Phi) is 6.84. The van der Waals surface area contributed by atoms with Gasteiger partial charge in [0.25, 0.3) is 5.91 Å². The highest BCUT2D eigenvalue weighted by Gasteiger charge is 2.44. The van der Waals surface area contributed by atoms with Crippen molar-refractivity contribution in [2.75, 3.05) is 18.5 Å². The number of halogens is 2. The number of nitro groups is 1. The zero-order valence-electron chi connectivity index (χ0n) is 14.4. The van der Waals surface area contributed by atoms with Crippen molar-refractivity contribution in [1.29, 1.82) is 0 Å². The van der Waals surface area contributed by atoms with Gasteiger partial charge in [0.15, 0.2) is 6.61 Å². The van der Waals surface area contributed by atoms with Gasteiger partial charge in [0.05, 0.1) is 12.1 Å². The Labute approximate surface area is 159 Å². The van der Waals surface area contributed by atoms with E-state index in [1.54, 1.807) is 6.92 Å². The first kappa shape index (κ1) is 20.8. The van der Waals surface area contributed by atoms with Crippen LogP contribution in [0, 0.1) is 33.7 Å². The molecule has 27 heavy (non-hydrogen) atoms. The van der Waals surface area contributed by atoms with Crippen LogP contribution in [-0.2, 0) is 19.1 Å². The van der Waals surface area contributed by atoms with Gasteiger partial charge < -0.3 is 10.1 Å². The highest BCUT2D eigenvalue weighted by molar-refractivity contribution is 6.30. The number of ketones is 1. The molecule has 1 amide bonds. The summed E-state index contributed by atoms with van der Waals surface area (Å²) in [6.07, 6.45) is -0.156. The van der Waals surface area contributed by atoms with E-state index >= 15 is 0 Å². The summed E-state index contributed by atoms with van der Waals surface area (Å²) in [4.78, 5) is 46.0. The molecule has 1 aromatic carbocycles. The van der Waals surface area contributed by atoms with Gasteiger partial charge in [0.1, 0.15) is 11.6 Å². The number of ether oxygens (including phenoxy) is 1. The van der Waals surface area contributed by atoms with Crippen LogP contribution < -0.4 is 5.32 Å². The Morgan fingerprint density at radius 1 is 1.44 bits per heavy atom. The molecule has 146 valence electrons. The van der Waals surface area contributed by atoms with E-state index in [4.69, 9.17) is 16.3 Å². The molecule has 10 heteroatoms. The molecule has 1 aliphatic rings. The number of nitrogens with one attached hydrogen (secondary N) is 1. The summed E-state index contributed by atoms with van der Waals surface area (Å²) in [7, 11) is 0. The van der Waals surface area contributed by atoms with Crippen LogP contribution >= 0.6 is 11.6 Å². The van der Waals surface area contributed by atoms with Gasteiger partial charge in [-0.2, -0.15) is 0 Å². The highest BCUT2D eigenvalue weighted by Crippen LogP contribution is 2.36. The van der Waals surface area contributed by atoms with E-state index in [0.29, 0.717) is 0 Å². The second-order valence-corrected chi connectivity index (χ2v) is 6.91. The lowest BCUT2D eigenvalue weighted by atomic mass is 9.88. The number of hydrogen-bond acceptors (Lipinski definition) is 6. The Morgan fingerprint density at radius 2 is 2.15 bits per heavy atom. The zero-order chi connectivity index (χ0) is 20.1. The molecule has 0 aliphatic heterocycles. The predicted molar refractivity (Wildman–Crippen MR) is 93.2 cm³/mol. The van der Waals surface area contributed by atoms with Crippen molar-refractivity contribution in [2.24, 2.45) is 17.8 Å². The molecule has 1 N–H and O–H groups in total. The number of hydrogen-bond donors (Lipinski definition) is 1. The molecule has 1 aromatic rings. The number of benzene rings is 1. The van der Waals surface area contributed by atoms with Gasteiger partial charge in [0.2, 0.25) is 6.54 Å². The number of anilines is 1. The summed E-state index contributed by atoms with van der Waals surface area (Å²) in [5, 5.41) is 13.2. The molecule has 0 spiro atoms. The third kappa shape index (κ3) is 5.72. The zero-order valence-corrected chi connectivity index (χ0v) is 15.2. The first-order valence-corrected chi connectivity index (χ1v) is 8.60. The lowest BCUT2D eigenvalue weighted by Crippen LogP contribution is -2.28. The maximum absolute atomic E-state index is 13.6. The molecular formula is C17H18ClFN2O6. The molecule has 1 saturated carbocycles. The van der Waals surface area contributed by atoms with Gasteiger partial charge >= 0.3 is 5.97 Å². The van der Waals surface area contributed by atoms with Crippen LogP contribution in [0.1, 0.15) is 19.8 Å². The van der Waals surface area contributed by atoms with Gasteiger partial charge in [-0.1, -0.05) is 18.5 Å². The smallest absolute Gasteiger partial charge is 0.307 e. The van der Waals surface area contributed by atoms with Gasteiger partial charge in [-0.25, -0.2) is 4.39 Å². The van der Waals surface area contributed by atoms with Crippen molar-refractivity contribution in [3.63, 3.8) is 0 Å². The van der Waals surface area contributed by atoms with Crippen molar-refractivity contribution < 1.29 is 28.4 Å². The number of esters is 1. The third-order valence-corrected chi connectivity index (χ3v) is 4.74. The van der Waals surface area contributed by atoms with Crippen LogP contribution in [0.4, 0.5) is 10.1 Å². The van der Waals surface area contributed by atoms with Gasteiger partial charge in [-0.15, -0.1) is 0 Å². The molecule has 2 rings (SSSR count). The van der Waals surface area contributed by atoms with Crippen LogP contribution in [0.3, 0.4) is 0 Å². The summed E-state index contributed by atoms with van der Waals surface area (Å²) in [5.41, 5.74) is -0.119. The minimum Gasteiger partial charge on any atom is -0.456 e. The van der Waals surface area contributed by atoms with Gasteiger partial charge in [0, 0.05) is 28.2 Å². The topological polar surface area (TPSA) is 116 Å². The minimum atomic E-state index is -0.817. The molecule has 0 radical (unpaired) electrons. The molecule has 0 aromatic heterocycles. The summed E-state index contributed by atoms with van der Waals surface area (Å²) < 4.78 is 18.4. The fourth-order valence-electron chi connectivity index (χ4n) is 3.16. The maximum Gasteiger partial charge on any atom is 0.307 e. The molecule has 0 bridgehead atoms. The molecule has 3 atom stereocenters. The van der Waals surface area contributed by atoms with E-state index in [1.165, 1.54) is 12.1 Å². The Balaban J connectivity index is 1.86. The van der Waals surface area contributed by atoms with E-state index < -0.39 is 47.6 Å². The quantitative estimate of drug-likeness (QED) is 0.427. The number of amides is 1. The van der Waals surface area contributed by atoms with Crippen LogP contribution in [0.5, 0.6) is 0 Å². The van der Waals surface area contributed by atoms with E-state index in [2.05, 4.69) is 5.32 Å². The lowest BCUT2D eigenvalue weighted by molar-refractivity contribution is -0.490. The highest BCUT2D eigenvalue weighted by atomic mass is 35.5. The molecule has 0 saturated heterocycles. The van der Waals surface area contributed by atoms with Crippen molar-refractivity contribution in [2.45, 2.75) is 19.8 Å².